The minimum absolute atomic E-state index is 0.157. The lowest BCUT2D eigenvalue weighted by molar-refractivity contribution is 0.0951. The first kappa shape index (κ1) is 14.9. The maximum Gasteiger partial charge on any atom is 0.254 e. The number of aromatic nitrogens is 2. The molecule has 1 amide bonds. The number of hydrogen-bond acceptors (Lipinski definition) is 4. The number of benzene rings is 1. The number of nitrogens with one attached hydrogen (secondary N) is 1. The summed E-state index contributed by atoms with van der Waals surface area (Å²) in [6.07, 6.45) is 3.21. The van der Waals surface area contributed by atoms with Crippen LogP contribution in [0.2, 0.25) is 0 Å². The molecule has 0 radical (unpaired) electrons. The molecule has 0 aliphatic carbocycles. The van der Waals surface area contributed by atoms with Crippen LogP contribution < -0.4 is 14.8 Å². The molecule has 1 heterocycles. The maximum absolute atomic E-state index is 11.9. The van der Waals surface area contributed by atoms with Crippen LogP contribution in [0.15, 0.2) is 30.6 Å². The average molecular weight is 289 g/mol. The largest absolute Gasteiger partial charge is 0.493 e. The van der Waals surface area contributed by atoms with Gasteiger partial charge >= 0.3 is 0 Å². The van der Waals surface area contributed by atoms with Crippen LogP contribution in [0.5, 0.6) is 11.5 Å². The highest BCUT2D eigenvalue weighted by Gasteiger charge is 2.09. The summed E-state index contributed by atoms with van der Waals surface area (Å²) in [4.78, 5) is 11.9. The number of nitrogens with zero attached hydrogens (tertiary/aromatic N) is 2. The number of rotatable bonds is 6. The van der Waals surface area contributed by atoms with Crippen molar-refractivity contribution in [2.24, 2.45) is 7.05 Å². The molecule has 0 unspecified atom stereocenters. The lowest BCUT2D eigenvalue weighted by atomic mass is 10.2. The average Bonchev–Trinajstić information content (AvgIpc) is 2.92. The standard InChI is InChI=1S/C15H19N3O3/c1-4-21-13-6-5-11(7-14(13)20-3)8-16-15(19)12-9-17-18(2)10-12/h5-7,9-10H,4,8H2,1-3H3,(H,16,19). The molecule has 21 heavy (non-hydrogen) atoms. The minimum atomic E-state index is -0.157. The van der Waals surface area contributed by atoms with Crippen molar-refractivity contribution in [3.05, 3.63) is 41.7 Å². The molecular weight excluding hydrogens is 270 g/mol. The van der Waals surface area contributed by atoms with Gasteiger partial charge in [-0.2, -0.15) is 5.10 Å². The second kappa shape index (κ2) is 6.78. The molecule has 1 aromatic carbocycles. The Morgan fingerprint density at radius 3 is 2.81 bits per heavy atom. The summed E-state index contributed by atoms with van der Waals surface area (Å²) >= 11 is 0. The van der Waals surface area contributed by atoms with Crippen LogP contribution in [0, 0.1) is 0 Å². The van der Waals surface area contributed by atoms with E-state index in [-0.39, 0.29) is 5.91 Å². The number of ether oxygens (including phenoxy) is 2. The normalized spacial score (nSPS) is 10.2. The van der Waals surface area contributed by atoms with E-state index in [0.29, 0.717) is 30.2 Å². The number of aryl methyl sites for hydroxylation is 1. The molecule has 6 nitrogen and oxygen atoms in total. The predicted molar refractivity (Wildman–Crippen MR) is 78.5 cm³/mol. The number of carbonyl (C=O) groups excluding carboxylic acids is 1. The Hall–Kier alpha value is -2.50. The van der Waals surface area contributed by atoms with Crippen molar-refractivity contribution < 1.29 is 14.3 Å². The van der Waals surface area contributed by atoms with Gasteiger partial charge in [-0.25, -0.2) is 0 Å². The zero-order chi connectivity index (χ0) is 15.2. The fourth-order valence-corrected chi connectivity index (χ4v) is 1.92. The molecule has 1 N–H and O–H groups in total. The third kappa shape index (κ3) is 3.75. The van der Waals surface area contributed by atoms with Crippen molar-refractivity contribution >= 4 is 5.91 Å². The third-order valence-electron chi connectivity index (χ3n) is 2.95. The lowest BCUT2D eigenvalue weighted by Crippen LogP contribution is -2.22. The fraction of sp³-hybridized carbons (Fsp3) is 0.333. The molecule has 0 fully saturated rings. The molecule has 2 rings (SSSR count). The molecule has 0 saturated heterocycles. The van der Waals surface area contributed by atoms with E-state index in [9.17, 15) is 4.79 Å². The van der Waals surface area contributed by atoms with Crippen molar-refractivity contribution in [3.63, 3.8) is 0 Å². The SMILES string of the molecule is CCOc1ccc(CNC(=O)c2cnn(C)c2)cc1OC. The van der Waals surface area contributed by atoms with Gasteiger partial charge in [0.05, 0.1) is 25.5 Å². The van der Waals surface area contributed by atoms with E-state index in [1.807, 2.05) is 25.1 Å². The molecule has 0 bridgehead atoms. The molecule has 0 aliphatic heterocycles. The summed E-state index contributed by atoms with van der Waals surface area (Å²) in [5.74, 6) is 1.20. The van der Waals surface area contributed by atoms with E-state index in [2.05, 4.69) is 10.4 Å². The van der Waals surface area contributed by atoms with E-state index in [0.717, 1.165) is 5.56 Å². The van der Waals surface area contributed by atoms with Crippen LogP contribution in [0.3, 0.4) is 0 Å². The number of hydrogen-bond donors (Lipinski definition) is 1. The predicted octanol–water partition coefficient (Wildman–Crippen LogP) is 1.76. The zero-order valence-electron chi connectivity index (χ0n) is 12.4. The van der Waals surface area contributed by atoms with Crippen LogP contribution in [-0.4, -0.2) is 29.4 Å². The van der Waals surface area contributed by atoms with E-state index in [1.54, 1.807) is 25.0 Å². The van der Waals surface area contributed by atoms with Crippen molar-refractivity contribution in [2.45, 2.75) is 13.5 Å². The van der Waals surface area contributed by atoms with Gasteiger partial charge in [-0.1, -0.05) is 6.07 Å². The molecule has 1 aromatic heterocycles. The van der Waals surface area contributed by atoms with Crippen LogP contribution in [0.4, 0.5) is 0 Å². The van der Waals surface area contributed by atoms with Gasteiger partial charge in [0, 0.05) is 19.8 Å². The lowest BCUT2D eigenvalue weighted by Gasteiger charge is -2.11. The summed E-state index contributed by atoms with van der Waals surface area (Å²) < 4.78 is 12.3. The molecular formula is C15H19N3O3. The molecule has 0 spiro atoms. The minimum Gasteiger partial charge on any atom is -0.493 e. The quantitative estimate of drug-likeness (QED) is 0.880. The molecule has 0 aliphatic rings. The molecule has 6 heteroatoms. The van der Waals surface area contributed by atoms with Crippen LogP contribution in [-0.2, 0) is 13.6 Å². The van der Waals surface area contributed by atoms with Gasteiger partial charge in [0.1, 0.15) is 0 Å². The molecule has 112 valence electrons. The summed E-state index contributed by atoms with van der Waals surface area (Å²) in [7, 11) is 3.37. The highest BCUT2D eigenvalue weighted by molar-refractivity contribution is 5.93. The summed E-state index contributed by atoms with van der Waals surface area (Å²) in [5, 5.41) is 6.81. The Bertz CT molecular complexity index is 622. The topological polar surface area (TPSA) is 65.4 Å². The van der Waals surface area contributed by atoms with Gasteiger partial charge in [-0.3, -0.25) is 9.48 Å². The highest BCUT2D eigenvalue weighted by atomic mass is 16.5. The van der Waals surface area contributed by atoms with Gasteiger partial charge in [0.15, 0.2) is 11.5 Å². The van der Waals surface area contributed by atoms with Gasteiger partial charge in [0.25, 0.3) is 5.91 Å². The monoisotopic (exact) mass is 289 g/mol. The zero-order valence-corrected chi connectivity index (χ0v) is 12.4. The van der Waals surface area contributed by atoms with Crippen molar-refractivity contribution in [2.75, 3.05) is 13.7 Å². The van der Waals surface area contributed by atoms with E-state index < -0.39 is 0 Å². The van der Waals surface area contributed by atoms with Gasteiger partial charge in [0.2, 0.25) is 0 Å². The van der Waals surface area contributed by atoms with Crippen LogP contribution in [0.1, 0.15) is 22.8 Å². The van der Waals surface area contributed by atoms with Crippen molar-refractivity contribution in [1.29, 1.82) is 0 Å². The highest BCUT2D eigenvalue weighted by Crippen LogP contribution is 2.27. The first-order chi connectivity index (χ1) is 10.1. The number of methoxy groups -OCH3 is 1. The number of carbonyl (C=O) groups is 1. The van der Waals surface area contributed by atoms with Crippen LogP contribution in [0.25, 0.3) is 0 Å². The third-order valence-corrected chi connectivity index (χ3v) is 2.95. The van der Waals surface area contributed by atoms with E-state index in [1.165, 1.54) is 6.20 Å². The van der Waals surface area contributed by atoms with E-state index >= 15 is 0 Å². The second-order valence-corrected chi connectivity index (χ2v) is 4.50. The Balaban J connectivity index is 2.01. The first-order valence-corrected chi connectivity index (χ1v) is 6.70. The van der Waals surface area contributed by atoms with Crippen molar-refractivity contribution in [3.8, 4) is 11.5 Å². The fourth-order valence-electron chi connectivity index (χ4n) is 1.92. The van der Waals surface area contributed by atoms with Gasteiger partial charge < -0.3 is 14.8 Å². The Labute approximate surface area is 123 Å². The Kier molecular flexibility index (Phi) is 4.81. The number of amides is 1. The van der Waals surface area contributed by atoms with Crippen LogP contribution >= 0.6 is 0 Å². The smallest absolute Gasteiger partial charge is 0.254 e. The van der Waals surface area contributed by atoms with Gasteiger partial charge in [-0.05, 0) is 24.6 Å². The summed E-state index contributed by atoms with van der Waals surface area (Å²) in [6, 6.07) is 5.60. The maximum atomic E-state index is 11.9. The van der Waals surface area contributed by atoms with Gasteiger partial charge in [-0.15, -0.1) is 0 Å². The second-order valence-electron chi connectivity index (χ2n) is 4.50. The Morgan fingerprint density at radius 2 is 2.19 bits per heavy atom. The summed E-state index contributed by atoms with van der Waals surface area (Å²) in [5.41, 5.74) is 1.47. The van der Waals surface area contributed by atoms with E-state index in [4.69, 9.17) is 9.47 Å². The Morgan fingerprint density at radius 1 is 1.38 bits per heavy atom. The molecule has 0 atom stereocenters. The van der Waals surface area contributed by atoms with Crippen molar-refractivity contribution in [1.82, 2.24) is 15.1 Å². The molecule has 2 aromatic rings. The summed E-state index contributed by atoms with van der Waals surface area (Å²) in [6.45, 7) is 2.91. The first-order valence-electron chi connectivity index (χ1n) is 6.70. The molecule has 0 saturated carbocycles.